The van der Waals surface area contributed by atoms with Crippen molar-refractivity contribution in [3.63, 3.8) is 0 Å². The Bertz CT molecular complexity index is 2330. The molecule has 0 fully saturated rings. The van der Waals surface area contributed by atoms with Crippen molar-refractivity contribution in [1.29, 1.82) is 0 Å². The molecular formula is C42H50N3O13S2+. The summed E-state index contributed by atoms with van der Waals surface area (Å²) in [5.74, 6) is -0.869. The van der Waals surface area contributed by atoms with E-state index in [1.165, 1.54) is 18.2 Å². The second kappa shape index (κ2) is 22.7. The molecule has 0 radical (unpaired) electrons. The Morgan fingerprint density at radius 1 is 0.733 bits per heavy atom. The van der Waals surface area contributed by atoms with E-state index in [4.69, 9.17) is 18.9 Å². The number of carbonyl (C=O) groups is 2. The minimum atomic E-state index is -5.15. The molecule has 0 spiro atoms. The third-order valence-electron chi connectivity index (χ3n) is 8.77. The van der Waals surface area contributed by atoms with E-state index >= 15 is 0 Å². The molecule has 1 aliphatic carbocycles. The number of nitrogens with zero attached hydrogens (tertiary/aromatic N) is 1. The second-order valence-corrected chi connectivity index (χ2v) is 15.7. The maximum atomic E-state index is 12.9. The molecule has 60 heavy (non-hydrogen) atoms. The molecule has 3 aromatic carbocycles. The minimum Gasteiger partial charge on any atom is -0.508 e. The number of ether oxygens (including phenoxy) is 4. The van der Waals surface area contributed by atoms with E-state index in [0.717, 1.165) is 30.4 Å². The van der Waals surface area contributed by atoms with E-state index in [0.29, 0.717) is 29.6 Å². The van der Waals surface area contributed by atoms with Crippen molar-refractivity contribution in [2.24, 2.45) is 0 Å². The molecular weight excluding hydrogens is 819 g/mol. The summed E-state index contributed by atoms with van der Waals surface area (Å²) in [6, 6.07) is 14.7. The van der Waals surface area contributed by atoms with Gasteiger partial charge in [0.15, 0.2) is 12.3 Å². The molecule has 3 aromatic rings. The van der Waals surface area contributed by atoms with Gasteiger partial charge in [0.25, 0.3) is 26.1 Å². The lowest BCUT2D eigenvalue weighted by Gasteiger charge is -2.19. The number of hydrogen-bond acceptors (Lipinski definition) is 11. The number of aromatic hydroxyl groups is 1. The van der Waals surface area contributed by atoms with Crippen LogP contribution < -0.4 is 20.1 Å². The van der Waals surface area contributed by atoms with Gasteiger partial charge in [-0.15, -0.1) is 0 Å². The van der Waals surface area contributed by atoms with Gasteiger partial charge in [-0.3, -0.25) is 18.7 Å². The molecule has 0 unspecified atom stereocenters. The van der Waals surface area contributed by atoms with E-state index in [9.17, 15) is 40.6 Å². The van der Waals surface area contributed by atoms with Crippen molar-refractivity contribution in [1.82, 2.24) is 10.6 Å². The number of amides is 2. The number of phenolic OH excluding ortho intramolecular Hbond substituents is 1. The third-order valence-corrected chi connectivity index (χ3v) is 10.5. The number of rotatable bonds is 22. The number of carbonyl (C=O) groups excluding carboxylic acids is 2. The molecule has 0 saturated carbocycles. The van der Waals surface area contributed by atoms with Gasteiger partial charge < -0.3 is 34.7 Å². The van der Waals surface area contributed by atoms with E-state index in [1.807, 2.05) is 32.9 Å². The van der Waals surface area contributed by atoms with Gasteiger partial charge >= 0.3 is 0 Å². The molecule has 0 aromatic heterocycles. The van der Waals surface area contributed by atoms with Crippen LogP contribution in [0.25, 0.3) is 11.6 Å². The lowest BCUT2D eigenvalue weighted by molar-refractivity contribution is -0.519. The smallest absolute Gasteiger partial charge is 0.298 e. The lowest BCUT2D eigenvalue weighted by Crippen LogP contribution is -2.32. The molecule has 4 rings (SSSR count). The lowest BCUT2D eigenvalue weighted by atomic mass is 9.90. The Labute approximate surface area is 350 Å². The monoisotopic (exact) mass is 868 g/mol. The summed E-state index contributed by atoms with van der Waals surface area (Å²) in [6.07, 6.45) is 10.2. The van der Waals surface area contributed by atoms with Gasteiger partial charge in [0.05, 0.1) is 33.0 Å². The fraction of sp³-hybridized carbons (Fsp3) is 0.310. The first kappa shape index (κ1) is 47.1. The number of benzene rings is 3. The molecule has 0 aliphatic heterocycles. The van der Waals surface area contributed by atoms with Crippen molar-refractivity contribution in [2.45, 2.75) is 30.6 Å². The highest BCUT2D eigenvalue weighted by Gasteiger charge is 2.29. The van der Waals surface area contributed by atoms with Gasteiger partial charge in [0.2, 0.25) is 5.91 Å². The molecule has 0 heterocycles. The van der Waals surface area contributed by atoms with Crippen LogP contribution in [0.5, 0.6) is 17.2 Å². The molecule has 2 amide bonds. The highest BCUT2D eigenvalue weighted by Crippen LogP contribution is 2.39. The molecule has 16 nitrogen and oxygen atoms in total. The predicted octanol–water partition coefficient (Wildman–Crippen LogP) is 4.06. The zero-order chi connectivity index (χ0) is 43.7. The quantitative estimate of drug-likeness (QED) is 0.0416. The summed E-state index contributed by atoms with van der Waals surface area (Å²) >= 11 is 0. The van der Waals surface area contributed by atoms with Crippen LogP contribution in [0.2, 0.25) is 0 Å². The SMILES string of the molecule is CCOc1ccc(C(=C2C=CC(=[N+](CC)CC)C=C2)c2cc(OCC(=O)NCCOCCOCCNC(=O)/C=C/c3ccc(O)cc3)c(S(=O)(=O)O)cc2S(=O)(=O)O)cc1. The zero-order valence-electron chi connectivity index (χ0n) is 33.5. The van der Waals surface area contributed by atoms with Gasteiger partial charge in [0.1, 0.15) is 40.1 Å². The van der Waals surface area contributed by atoms with Crippen LogP contribution in [0.15, 0.2) is 106 Å². The average molecular weight is 869 g/mol. The van der Waals surface area contributed by atoms with Crippen LogP contribution in [-0.4, -0.2) is 119 Å². The molecule has 5 N–H and O–H groups in total. The van der Waals surface area contributed by atoms with Crippen LogP contribution in [0.1, 0.15) is 37.5 Å². The average Bonchev–Trinajstić information content (AvgIpc) is 3.21. The Balaban J connectivity index is 1.42. The fourth-order valence-corrected chi connectivity index (χ4v) is 7.32. The first-order chi connectivity index (χ1) is 28.6. The summed E-state index contributed by atoms with van der Waals surface area (Å²) in [5, 5.41) is 14.6. The van der Waals surface area contributed by atoms with Crippen LogP contribution in [0, 0.1) is 0 Å². The molecule has 1 aliphatic rings. The second-order valence-electron chi connectivity index (χ2n) is 12.9. The van der Waals surface area contributed by atoms with E-state index in [2.05, 4.69) is 15.2 Å². The van der Waals surface area contributed by atoms with Crippen LogP contribution in [0.3, 0.4) is 0 Å². The van der Waals surface area contributed by atoms with Crippen LogP contribution >= 0.6 is 0 Å². The normalized spacial score (nSPS) is 12.8. The number of phenols is 1. The molecule has 0 bridgehead atoms. The van der Waals surface area contributed by atoms with Crippen molar-refractivity contribution >= 4 is 49.4 Å². The van der Waals surface area contributed by atoms with E-state index < -0.39 is 48.3 Å². The van der Waals surface area contributed by atoms with Crippen LogP contribution in [0.4, 0.5) is 0 Å². The summed E-state index contributed by atoms with van der Waals surface area (Å²) in [7, 11) is -10.3. The van der Waals surface area contributed by atoms with Crippen LogP contribution in [-0.2, 0) is 39.3 Å². The maximum Gasteiger partial charge on any atom is 0.298 e. The Hall–Kier alpha value is -5.63. The van der Waals surface area contributed by atoms with Crippen molar-refractivity contribution < 1.29 is 64.2 Å². The molecule has 18 heteroatoms. The largest absolute Gasteiger partial charge is 0.508 e. The van der Waals surface area contributed by atoms with Gasteiger partial charge in [0, 0.05) is 36.9 Å². The topological polar surface area (TPSA) is 227 Å². The molecule has 0 saturated heterocycles. The van der Waals surface area contributed by atoms with E-state index in [-0.39, 0.29) is 62.3 Å². The Morgan fingerprint density at radius 2 is 1.33 bits per heavy atom. The Morgan fingerprint density at radius 3 is 1.90 bits per heavy atom. The summed E-state index contributed by atoms with van der Waals surface area (Å²) in [4.78, 5) is 22.9. The van der Waals surface area contributed by atoms with E-state index in [1.54, 1.807) is 54.6 Å². The summed E-state index contributed by atoms with van der Waals surface area (Å²) < 4.78 is 95.6. The van der Waals surface area contributed by atoms with Crippen molar-refractivity contribution in [3.05, 3.63) is 113 Å². The fourth-order valence-electron chi connectivity index (χ4n) is 5.90. The van der Waals surface area contributed by atoms with Crippen molar-refractivity contribution in [2.75, 3.05) is 65.8 Å². The molecule has 322 valence electrons. The van der Waals surface area contributed by atoms with Gasteiger partial charge in [-0.2, -0.15) is 16.8 Å². The van der Waals surface area contributed by atoms with Gasteiger partial charge in [-0.05, 0) is 97.7 Å². The van der Waals surface area contributed by atoms with Gasteiger partial charge in [-0.1, -0.05) is 24.3 Å². The maximum absolute atomic E-state index is 12.9. The summed E-state index contributed by atoms with van der Waals surface area (Å²) in [6.45, 7) is 8.00. The number of hydrogen-bond donors (Lipinski definition) is 5. The Kier molecular flexibility index (Phi) is 17.8. The molecule has 0 atom stereocenters. The highest BCUT2D eigenvalue weighted by molar-refractivity contribution is 7.86. The zero-order valence-corrected chi connectivity index (χ0v) is 35.1. The van der Waals surface area contributed by atoms with Gasteiger partial charge in [-0.25, -0.2) is 4.58 Å². The van der Waals surface area contributed by atoms with Crippen molar-refractivity contribution in [3.8, 4) is 17.2 Å². The predicted molar refractivity (Wildman–Crippen MR) is 225 cm³/mol. The third kappa shape index (κ3) is 14.3. The number of nitrogens with one attached hydrogen (secondary N) is 2. The standard InChI is InChI=1S/C42H49N3O13S2/c1-4-45(5-2)33-14-10-31(11-15-33)42(32-12-18-35(19-13-32)57-6-3)36-27-37(39(60(52,53)54)28-38(36)59(49,50)51)58-29-41(48)44-22-24-56-26-25-55-23-21-43-40(47)20-9-30-7-16-34(46)17-8-30/h7-20,27-28H,4-6,21-26,29H2,1-3H3,(H4-,43,44,46,47,48,49,50,51,52,53,54)/p+1. The highest BCUT2D eigenvalue weighted by atomic mass is 32.2. The summed E-state index contributed by atoms with van der Waals surface area (Å²) in [5.41, 5.74) is 2.71. The first-order valence-electron chi connectivity index (χ1n) is 19.0. The number of allylic oxidation sites excluding steroid dienone is 5. The minimum absolute atomic E-state index is 0.0445. The first-order valence-corrected chi connectivity index (χ1v) is 21.9.